The molecule has 2 aromatic rings. The number of nitrogens with zero attached hydrogens (tertiary/aromatic N) is 2. The third-order valence-corrected chi connectivity index (χ3v) is 4.12. The number of hydrogen-bond acceptors (Lipinski definition) is 5. The predicted octanol–water partition coefficient (Wildman–Crippen LogP) is 3.59. The van der Waals surface area contributed by atoms with Crippen LogP contribution in [0.5, 0.6) is 0 Å². The van der Waals surface area contributed by atoms with Crippen molar-refractivity contribution >= 4 is 11.8 Å². The summed E-state index contributed by atoms with van der Waals surface area (Å²) in [5.41, 5.74) is 7.33. The Kier molecular flexibility index (Phi) is 5.82. The third kappa shape index (κ3) is 5.52. The molecule has 1 atom stereocenters. The summed E-state index contributed by atoms with van der Waals surface area (Å²) < 4.78 is 5.27. The van der Waals surface area contributed by atoms with Gasteiger partial charge in [0.25, 0.3) is 0 Å². The third-order valence-electron chi connectivity index (χ3n) is 3.11. The maximum Gasteiger partial charge on any atom is 0.228 e. The van der Waals surface area contributed by atoms with E-state index in [9.17, 15) is 0 Å². The van der Waals surface area contributed by atoms with Crippen LogP contribution in [-0.2, 0) is 12.2 Å². The lowest BCUT2D eigenvalue weighted by Crippen LogP contribution is -2.24. The summed E-state index contributed by atoms with van der Waals surface area (Å²) in [5, 5.41) is 4.02. The maximum absolute atomic E-state index is 6.06. The van der Waals surface area contributed by atoms with Crippen molar-refractivity contribution in [2.75, 3.05) is 0 Å². The zero-order chi connectivity index (χ0) is 15.2. The second kappa shape index (κ2) is 7.61. The van der Waals surface area contributed by atoms with Gasteiger partial charge in [-0.15, -0.1) is 11.8 Å². The van der Waals surface area contributed by atoms with E-state index in [1.165, 1.54) is 10.5 Å². The number of thioether (sulfide) groups is 1. The summed E-state index contributed by atoms with van der Waals surface area (Å²) in [6, 6.07) is 8.52. The average Bonchev–Trinajstić information content (AvgIpc) is 2.84. The number of aromatic nitrogens is 2. The van der Waals surface area contributed by atoms with E-state index in [0.29, 0.717) is 24.0 Å². The summed E-state index contributed by atoms with van der Waals surface area (Å²) in [7, 11) is 0. The highest BCUT2D eigenvalue weighted by atomic mass is 32.2. The quantitative estimate of drug-likeness (QED) is 0.792. The second-order valence-corrected chi connectivity index (χ2v) is 6.85. The van der Waals surface area contributed by atoms with Crippen molar-refractivity contribution in [2.45, 2.75) is 50.3 Å². The number of nitrogens with two attached hydrogens (primary N) is 1. The molecule has 0 saturated carbocycles. The number of hydrogen-bond donors (Lipinski definition) is 1. The highest BCUT2D eigenvalue weighted by Crippen LogP contribution is 2.22. The molecule has 0 aliphatic heterocycles. The van der Waals surface area contributed by atoms with Crippen LogP contribution in [0.2, 0.25) is 0 Å². The van der Waals surface area contributed by atoms with Gasteiger partial charge in [0.1, 0.15) is 0 Å². The molecule has 1 aromatic carbocycles. The summed E-state index contributed by atoms with van der Waals surface area (Å²) in [6.45, 7) is 6.41. The van der Waals surface area contributed by atoms with Crippen LogP contribution in [0.4, 0.5) is 0 Å². The standard InChI is InChI=1S/C16H23N3OS/c1-11(2)8-13(17)9-16-18-15(19-20-16)10-21-14-6-4-12(3)5-7-14/h4-7,11,13H,8-10,17H2,1-3H3. The second-order valence-electron chi connectivity index (χ2n) is 5.80. The van der Waals surface area contributed by atoms with Gasteiger partial charge in [0.15, 0.2) is 5.82 Å². The van der Waals surface area contributed by atoms with Crippen LogP contribution >= 0.6 is 11.8 Å². The summed E-state index contributed by atoms with van der Waals surface area (Å²) in [4.78, 5) is 5.62. The van der Waals surface area contributed by atoms with E-state index in [1.807, 2.05) is 0 Å². The molecule has 0 bridgehead atoms. The van der Waals surface area contributed by atoms with Gasteiger partial charge in [-0.25, -0.2) is 0 Å². The lowest BCUT2D eigenvalue weighted by atomic mass is 10.0. The first-order valence-electron chi connectivity index (χ1n) is 7.29. The van der Waals surface area contributed by atoms with E-state index in [0.717, 1.165) is 12.2 Å². The van der Waals surface area contributed by atoms with Crippen LogP contribution in [-0.4, -0.2) is 16.2 Å². The van der Waals surface area contributed by atoms with Crippen molar-refractivity contribution in [3.63, 3.8) is 0 Å². The molecule has 2 rings (SSSR count). The van der Waals surface area contributed by atoms with Crippen molar-refractivity contribution in [3.8, 4) is 0 Å². The van der Waals surface area contributed by atoms with E-state index in [2.05, 4.69) is 55.2 Å². The molecule has 0 radical (unpaired) electrons. The fourth-order valence-electron chi connectivity index (χ4n) is 2.13. The molecule has 0 saturated heterocycles. The Morgan fingerprint density at radius 1 is 1.24 bits per heavy atom. The monoisotopic (exact) mass is 305 g/mol. The van der Waals surface area contributed by atoms with Crippen molar-refractivity contribution in [2.24, 2.45) is 11.7 Å². The number of rotatable bonds is 7. The van der Waals surface area contributed by atoms with Gasteiger partial charge < -0.3 is 10.3 Å². The maximum atomic E-state index is 6.06. The molecular formula is C16H23N3OS. The minimum absolute atomic E-state index is 0.0862. The summed E-state index contributed by atoms with van der Waals surface area (Å²) in [6.07, 6.45) is 1.62. The Morgan fingerprint density at radius 2 is 1.95 bits per heavy atom. The topological polar surface area (TPSA) is 64.9 Å². The smallest absolute Gasteiger partial charge is 0.228 e. The SMILES string of the molecule is Cc1ccc(SCc2noc(CC(N)CC(C)C)n2)cc1. The molecule has 1 aromatic heterocycles. The minimum atomic E-state index is 0.0862. The van der Waals surface area contributed by atoms with E-state index >= 15 is 0 Å². The van der Waals surface area contributed by atoms with E-state index in [4.69, 9.17) is 10.3 Å². The molecule has 0 amide bonds. The number of benzene rings is 1. The van der Waals surface area contributed by atoms with Gasteiger partial charge in [-0.05, 0) is 31.4 Å². The molecule has 5 heteroatoms. The van der Waals surface area contributed by atoms with Crippen LogP contribution in [0, 0.1) is 12.8 Å². The molecular weight excluding hydrogens is 282 g/mol. The van der Waals surface area contributed by atoms with Crippen LogP contribution < -0.4 is 5.73 Å². The van der Waals surface area contributed by atoms with Crippen LogP contribution in [0.3, 0.4) is 0 Å². The Morgan fingerprint density at radius 3 is 2.62 bits per heavy atom. The van der Waals surface area contributed by atoms with Crippen LogP contribution in [0.15, 0.2) is 33.7 Å². The van der Waals surface area contributed by atoms with Gasteiger partial charge >= 0.3 is 0 Å². The van der Waals surface area contributed by atoms with Crippen molar-refractivity contribution in [1.29, 1.82) is 0 Å². The van der Waals surface area contributed by atoms with Crippen molar-refractivity contribution in [3.05, 3.63) is 41.5 Å². The highest BCUT2D eigenvalue weighted by Gasteiger charge is 2.12. The van der Waals surface area contributed by atoms with Gasteiger partial charge in [0.2, 0.25) is 5.89 Å². The molecule has 1 heterocycles. The fraction of sp³-hybridized carbons (Fsp3) is 0.500. The summed E-state index contributed by atoms with van der Waals surface area (Å²) in [5.74, 6) is 2.67. The van der Waals surface area contributed by atoms with Crippen molar-refractivity contribution < 1.29 is 4.52 Å². The molecule has 21 heavy (non-hydrogen) atoms. The fourth-order valence-corrected chi connectivity index (χ4v) is 2.87. The first-order valence-corrected chi connectivity index (χ1v) is 8.28. The van der Waals surface area contributed by atoms with Gasteiger partial charge in [0.05, 0.1) is 5.75 Å². The van der Waals surface area contributed by atoms with Crippen LogP contribution in [0.1, 0.15) is 37.5 Å². The normalized spacial score (nSPS) is 12.8. The molecule has 4 nitrogen and oxygen atoms in total. The summed E-state index contributed by atoms with van der Waals surface area (Å²) >= 11 is 1.71. The van der Waals surface area contributed by atoms with E-state index < -0.39 is 0 Å². The molecule has 0 aliphatic rings. The van der Waals surface area contributed by atoms with Gasteiger partial charge in [-0.1, -0.05) is 36.7 Å². The predicted molar refractivity (Wildman–Crippen MR) is 86.2 cm³/mol. The average molecular weight is 305 g/mol. The molecule has 114 valence electrons. The van der Waals surface area contributed by atoms with E-state index in [1.54, 1.807) is 11.8 Å². The zero-order valence-electron chi connectivity index (χ0n) is 12.9. The molecule has 1 unspecified atom stereocenters. The molecule has 2 N–H and O–H groups in total. The number of aryl methyl sites for hydroxylation is 1. The molecule has 0 fully saturated rings. The lowest BCUT2D eigenvalue weighted by Gasteiger charge is -2.10. The molecule has 0 spiro atoms. The zero-order valence-corrected chi connectivity index (χ0v) is 13.7. The molecule has 0 aliphatic carbocycles. The van der Waals surface area contributed by atoms with E-state index in [-0.39, 0.29) is 6.04 Å². The lowest BCUT2D eigenvalue weighted by molar-refractivity contribution is 0.356. The highest BCUT2D eigenvalue weighted by molar-refractivity contribution is 7.98. The largest absolute Gasteiger partial charge is 0.339 e. The first kappa shape index (κ1) is 16.0. The first-order chi connectivity index (χ1) is 10.0. The van der Waals surface area contributed by atoms with Crippen molar-refractivity contribution in [1.82, 2.24) is 10.1 Å². The Bertz CT molecular complexity index is 551. The Labute approximate surface area is 130 Å². The van der Waals surface area contributed by atoms with Gasteiger partial charge in [-0.2, -0.15) is 4.98 Å². The van der Waals surface area contributed by atoms with Gasteiger partial charge in [-0.3, -0.25) is 0 Å². The Hall–Kier alpha value is -1.33. The Balaban J connectivity index is 1.84. The minimum Gasteiger partial charge on any atom is -0.339 e. The van der Waals surface area contributed by atoms with Crippen LogP contribution in [0.25, 0.3) is 0 Å². The van der Waals surface area contributed by atoms with Gasteiger partial charge in [0, 0.05) is 17.4 Å².